The van der Waals surface area contributed by atoms with Crippen LogP contribution in [-0.4, -0.2) is 32.8 Å². The molecule has 1 aliphatic rings. The Labute approximate surface area is 127 Å². The molecule has 0 saturated carbocycles. The second-order valence-electron chi connectivity index (χ2n) is 5.66. The van der Waals surface area contributed by atoms with E-state index in [9.17, 15) is 8.42 Å². The number of benzene rings is 1. The molecule has 1 aromatic carbocycles. The van der Waals surface area contributed by atoms with Gasteiger partial charge in [-0.3, -0.25) is 4.72 Å². The summed E-state index contributed by atoms with van der Waals surface area (Å²) in [6.45, 7) is 4.92. The SMILES string of the molecule is CCS(=O)(=O)Nc1ccc(NC(C)CC2CCCN2)cc1. The molecule has 0 aliphatic carbocycles. The summed E-state index contributed by atoms with van der Waals surface area (Å²) in [7, 11) is -3.20. The van der Waals surface area contributed by atoms with E-state index >= 15 is 0 Å². The lowest BCUT2D eigenvalue weighted by atomic mass is 10.1. The summed E-state index contributed by atoms with van der Waals surface area (Å²) in [6.07, 6.45) is 3.62. The van der Waals surface area contributed by atoms with Crippen molar-refractivity contribution in [2.75, 3.05) is 22.3 Å². The molecule has 1 fully saturated rings. The van der Waals surface area contributed by atoms with Crippen LogP contribution in [0.4, 0.5) is 11.4 Å². The van der Waals surface area contributed by atoms with E-state index in [-0.39, 0.29) is 5.75 Å². The molecule has 21 heavy (non-hydrogen) atoms. The van der Waals surface area contributed by atoms with Crippen molar-refractivity contribution in [1.29, 1.82) is 0 Å². The predicted octanol–water partition coefficient (Wildman–Crippen LogP) is 2.39. The summed E-state index contributed by atoms with van der Waals surface area (Å²) in [6, 6.07) is 8.39. The fraction of sp³-hybridized carbons (Fsp3) is 0.600. The minimum absolute atomic E-state index is 0.0818. The highest BCUT2D eigenvalue weighted by Crippen LogP contribution is 2.18. The third-order valence-electron chi connectivity index (χ3n) is 3.75. The van der Waals surface area contributed by atoms with E-state index in [0.717, 1.165) is 18.7 Å². The van der Waals surface area contributed by atoms with E-state index in [1.165, 1.54) is 12.8 Å². The summed E-state index contributed by atoms with van der Waals surface area (Å²) in [5, 5.41) is 6.95. The van der Waals surface area contributed by atoms with Crippen LogP contribution >= 0.6 is 0 Å². The molecule has 5 nitrogen and oxygen atoms in total. The summed E-state index contributed by atoms with van der Waals surface area (Å²) >= 11 is 0. The monoisotopic (exact) mass is 311 g/mol. The minimum atomic E-state index is -3.20. The molecule has 0 amide bonds. The Morgan fingerprint density at radius 1 is 1.29 bits per heavy atom. The molecule has 1 saturated heterocycles. The molecule has 2 unspecified atom stereocenters. The van der Waals surface area contributed by atoms with Gasteiger partial charge in [-0.25, -0.2) is 8.42 Å². The smallest absolute Gasteiger partial charge is 0.232 e. The van der Waals surface area contributed by atoms with Gasteiger partial charge in [-0.2, -0.15) is 0 Å². The van der Waals surface area contributed by atoms with Crippen LogP contribution < -0.4 is 15.4 Å². The predicted molar refractivity (Wildman–Crippen MR) is 88.3 cm³/mol. The molecular formula is C15H25N3O2S. The molecule has 1 heterocycles. The Kier molecular flexibility index (Phi) is 5.47. The van der Waals surface area contributed by atoms with E-state index in [1.54, 1.807) is 19.1 Å². The van der Waals surface area contributed by atoms with Gasteiger partial charge in [-0.1, -0.05) is 0 Å². The number of rotatable bonds is 7. The second-order valence-corrected chi connectivity index (χ2v) is 7.67. The van der Waals surface area contributed by atoms with Crippen LogP contribution in [0.15, 0.2) is 24.3 Å². The van der Waals surface area contributed by atoms with Crippen molar-refractivity contribution in [3.63, 3.8) is 0 Å². The van der Waals surface area contributed by atoms with Crippen molar-refractivity contribution < 1.29 is 8.42 Å². The van der Waals surface area contributed by atoms with Crippen LogP contribution in [0.2, 0.25) is 0 Å². The van der Waals surface area contributed by atoms with Crippen molar-refractivity contribution >= 4 is 21.4 Å². The van der Waals surface area contributed by atoms with Crippen molar-refractivity contribution in [2.45, 2.75) is 45.2 Å². The largest absolute Gasteiger partial charge is 0.383 e. The highest BCUT2D eigenvalue weighted by atomic mass is 32.2. The molecular weight excluding hydrogens is 286 g/mol. The molecule has 0 bridgehead atoms. The lowest BCUT2D eigenvalue weighted by Crippen LogP contribution is -2.29. The molecule has 2 atom stereocenters. The first-order valence-electron chi connectivity index (χ1n) is 7.59. The quantitative estimate of drug-likeness (QED) is 0.723. The van der Waals surface area contributed by atoms with Gasteiger partial charge in [-0.05, 0) is 63.9 Å². The van der Waals surface area contributed by atoms with Crippen LogP contribution in [-0.2, 0) is 10.0 Å². The zero-order chi connectivity index (χ0) is 15.3. The van der Waals surface area contributed by atoms with Crippen molar-refractivity contribution in [1.82, 2.24) is 5.32 Å². The Morgan fingerprint density at radius 2 is 1.95 bits per heavy atom. The number of hydrogen-bond acceptors (Lipinski definition) is 4. The fourth-order valence-corrected chi connectivity index (χ4v) is 3.25. The van der Waals surface area contributed by atoms with Gasteiger partial charge in [0.25, 0.3) is 0 Å². The maximum Gasteiger partial charge on any atom is 0.232 e. The highest BCUT2D eigenvalue weighted by Gasteiger charge is 2.16. The second kappa shape index (κ2) is 7.13. The topological polar surface area (TPSA) is 70.2 Å². The maximum absolute atomic E-state index is 11.5. The van der Waals surface area contributed by atoms with E-state index in [1.807, 2.05) is 12.1 Å². The molecule has 6 heteroatoms. The van der Waals surface area contributed by atoms with Crippen LogP contribution in [0.3, 0.4) is 0 Å². The minimum Gasteiger partial charge on any atom is -0.383 e. The van der Waals surface area contributed by atoms with Gasteiger partial charge in [0.15, 0.2) is 0 Å². The number of hydrogen-bond donors (Lipinski definition) is 3. The van der Waals surface area contributed by atoms with Gasteiger partial charge in [-0.15, -0.1) is 0 Å². The third kappa shape index (κ3) is 5.21. The Morgan fingerprint density at radius 3 is 2.52 bits per heavy atom. The zero-order valence-electron chi connectivity index (χ0n) is 12.7. The third-order valence-corrected chi connectivity index (χ3v) is 5.06. The molecule has 118 valence electrons. The Balaban J connectivity index is 1.86. The average Bonchev–Trinajstić information content (AvgIpc) is 2.93. The van der Waals surface area contributed by atoms with Crippen LogP contribution in [0, 0.1) is 0 Å². The molecule has 0 aromatic heterocycles. The van der Waals surface area contributed by atoms with Gasteiger partial charge >= 0.3 is 0 Å². The maximum atomic E-state index is 11.5. The van der Waals surface area contributed by atoms with Crippen molar-refractivity contribution in [3.05, 3.63) is 24.3 Å². The Bertz CT molecular complexity index is 537. The Hall–Kier alpha value is -1.27. The van der Waals surface area contributed by atoms with Gasteiger partial charge in [0.05, 0.1) is 5.75 Å². The van der Waals surface area contributed by atoms with Gasteiger partial charge in [0, 0.05) is 23.5 Å². The average molecular weight is 311 g/mol. The highest BCUT2D eigenvalue weighted by molar-refractivity contribution is 7.92. The number of nitrogens with one attached hydrogen (secondary N) is 3. The first kappa shape index (κ1) is 16.1. The zero-order valence-corrected chi connectivity index (χ0v) is 13.5. The lowest BCUT2D eigenvalue weighted by molar-refractivity contribution is 0.523. The standard InChI is InChI=1S/C15H25N3O2S/c1-3-21(19,20)18-14-8-6-13(7-9-14)17-12(2)11-15-5-4-10-16-15/h6-9,12,15-18H,3-5,10-11H2,1-2H3. The normalized spacial score (nSPS) is 20.2. The molecule has 1 aliphatic heterocycles. The van der Waals surface area contributed by atoms with Crippen LogP contribution in [0.25, 0.3) is 0 Å². The lowest BCUT2D eigenvalue weighted by Gasteiger charge is -2.19. The summed E-state index contributed by atoms with van der Waals surface area (Å²) < 4.78 is 25.5. The van der Waals surface area contributed by atoms with Gasteiger partial charge in [0.2, 0.25) is 10.0 Å². The summed E-state index contributed by atoms with van der Waals surface area (Å²) in [4.78, 5) is 0. The van der Waals surface area contributed by atoms with Crippen molar-refractivity contribution in [2.24, 2.45) is 0 Å². The van der Waals surface area contributed by atoms with E-state index in [0.29, 0.717) is 17.8 Å². The van der Waals surface area contributed by atoms with E-state index < -0.39 is 10.0 Å². The van der Waals surface area contributed by atoms with Crippen LogP contribution in [0.1, 0.15) is 33.1 Å². The molecule has 1 aromatic rings. The molecule has 3 N–H and O–H groups in total. The van der Waals surface area contributed by atoms with Crippen LogP contribution in [0.5, 0.6) is 0 Å². The molecule has 0 radical (unpaired) electrons. The fourth-order valence-electron chi connectivity index (χ4n) is 2.61. The molecule has 0 spiro atoms. The van der Waals surface area contributed by atoms with Gasteiger partial charge in [0.1, 0.15) is 0 Å². The first-order valence-corrected chi connectivity index (χ1v) is 9.24. The van der Waals surface area contributed by atoms with Crippen molar-refractivity contribution in [3.8, 4) is 0 Å². The van der Waals surface area contributed by atoms with E-state index in [2.05, 4.69) is 22.3 Å². The summed E-state index contributed by atoms with van der Waals surface area (Å²) in [5.41, 5.74) is 1.62. The number of anilines is 2. The molecule has 2 rings (SSSR count). The van der Waals surface area contributed by atoms with Gasteiger partial charge < -0.3 is 10.6 Å². The first-order chi connectivity index (χ1) is 9.98. The summed E-state index contributed by atoms with van der Waals surface area (Å²) in [5.74, 6) is 0.0818. The van der Waals surface area contributed by atoms with E-state index in [4.69, 9.17) is 0 Å². The number of sulfonamides is 1.